The molecule has 0 bridgehead atoms. The van der Waals surface area contributed by atoms with Gasteiger partial charge < -0.3 is 10.6 Å². The lowest BCUT2D eigenvalue weighted by Crippen LogP contribution is -2.41. The van der Waals surface area contributed by atoms with Gasteiger partial charge in [-0.1, -0.05) is 24.6 Å². The molecule has 3 nitrogen and oxygen atoms in total. The zero-order valence-electron chi connectivity index (χ0n) is 11.4. The Bertz CT molecular complexity index is 420. The van der Waals surface area contributed by atoms with E-state index in [9.17, 15) is 4.79 Å². The highest BCUT2D eigenvalue weighted by atomic mass is 35.5. The van der Waals surface area contributed by atoms with E-state index in [2.05, 4.69) is 10.6 Å². The summed E-state index contributed by atoms with van der Waals surface area (Å²) in [6.45, 7) is 7.84. The Kier molecular flexibility index (Phi) is 5.48. The van der Waals surface area contributed by atoms with E-state index in [0.29, 0.717) is 5.02 Å². The highest BCUT2D eigenvalue weighted by molar-refractivity contribution is 6.33. The van der Waals surface area contributed by atoms with E-state index in [-0.39, 0.29) is 18.0 Å². The zero-order chi connectivity index (χ0) is 13.7. The highest BCUT2D eigenvalue weighted by Crippen LogP contribution is 2.23. The maximum atomic E-state index is 11.9. The minimum Gasteiger partial charge on any atom is -0.373 e. The standard InChI is InChI=1S/C14H21ClN2O/c1-5-10(3)16-14(18)11(4)17-13-7-6-9(2)8-12(13)15/h6-8,10-11,17H,5H2,1-4H3,(H,16,18). The van der Waals surface area contributed by atoms with Gasteiger partial charge in [-0.25, -0.2) is 0 Å². The monoisotopic (exact) mass is 268 g/mol. The number of hydrogen-bond acceptors (Lipinski definition) is 2. The number of anilines is 1. The summed E-state index contributed by atoms with van der Waals surface area (Å²) >= 11 is 6.12. The van der Waals surface area contributed by atoms with Crippen LogP contribution in [0.4, 0.5) is 5.69 Å². The topological polar surface area (TPSA) is 41.1 Å². The average Bonchev–Trinajstić information content (AvgIpc) is 2.32. The van der Waals surface area contributed by atoms with Crippen LogP contribution in [0.3, 0.4) is 0 Å². The molecular formula is C14H21ClN2O. The van der Waals surface area contributed by atoms with E-state index < -0.39 is 0 Å². The molecule has 0 aliphatic heterocycles. The molecule has 0 saturated carbocycles. The summed E-state index contributed by atoms with van der Waals surface area (Å²) in [7, 11) is 0. The molecule has 0 radical (unpaired) electrons. The third-order valence-corrected chi connectivity index (χ3v) is 3.20. The van der Waals surface area contributed by atoms with E-state index >= 15 is 0 Å². The molecule has 0 saturated heterocycles. The van der Waals surface area contributed by atoms with E-state index in [4.69, 9.17) is 11.6 Å². The van der Waals surface area contributed by atoms with Gasteiger partial charge in [-0.05, 0) is 44.9 Å². The van der Waals surface area contributed by atoms with Gasteiger partial charge in [-0.15, -0.1) is 0 Å². The van der Waals surface area contributed by atoms with Gasteiger partial charge >= 0.3 is 0 Å². The molecule has 0 aromatic heterocycles. The third-order valence-electron chi connectivity index (χ3n) is 2.89. The predicted octanol–water partition coefficient (Wildman–Crippen LogP) is 3.36. The summed E-state index contributed by atoms with van der Waals surface area (Å²) in [6.07, 6.45) is 0.920. The second-order valence-electron chi connectivity index (χ2n) is 4.67. The maximum Gasteiger partial charge on any atom is 0.242 e. The fourth-order valence-electron chi connectivity index (χ4n) is 1.51. The van der Waals surface area contributed by atoms with Crippen molar-refractivity contribution in [2.75, 3.05) is 5.32 Å². The minimum absolute atomic E-state index is 0.0130. The van der Waals surface area contributed by atoms with Gasteiger partial charge in [-0.3, -0.25) is 4.79 Å². The van der Waals surface area contributed by atoms with Crippen molar-refractivity contribution < 1.29 is 4.79 Å². The van der Waals surface area contributed by atoms with Crippen LogP contribution in [-0.4, -0.2) is 18.0 Å². The highest BCUT2D eigenvalue weighted by Gasteiger charge is 2.15. The quantitative estimate of drug-likeness (QED) is 0.860. The number of nitrogens with one attached hydrogen (secondary N) is 2. The van der Waals surface area contributed by atoms with E-state index in [0.717, 1.165) is 17.7 Å². The van der Waals surface area contributed by atoms with Gasteiger partial charge in [0.2, 0.25) is 5.91 Å². The largest absolute Gasteiger partial charge is 0.373 e. The Balaban J connectivity index is 2.63. The van der Waals surface area contributed by atoms with E-state index in [1.165, 1.54) is 0 Å². The lowest BCUT2D eigenvalue weighted by molar-refractivity contribution is -0.122. The fourth-order valence-corrected chi connectivity index (χ4v) is 1.80. The third kappa shape index (κ3) is 4.22. The first kappa shape index (κ1) is 14.8. The van der Waals surface area contributed by atoms with Crippen LogP contribution >= 0.6 is 11.6 Å². The Hall–Kier alpha value is -1.22. The van der Waals surface area contributed by atoms with Crippen molar-refractivity contribution in [3.8, 4) is 0 Å². The van der Waals surface area contributed by atoms with Crippen LogP contribution < -0.4 is 10.6 Å². The van der Waals surface area contributed by atoms with Crippen molar-refractivity contribution in [2.24, 2.45) is 0 Å². The molecule has 1 aromatic rings. The molecule has 0 fully saturated rings. The second kappa shape index (κ2) is 6.64. The molecule has 18 heavy (non-hydrogen) atoms. The molecular weight excluding hydrogens is 248 g/mol. The number of carbonyl (C=O) groups is 1. The first-order valence-corrected chi connectivity index (χ1v) is 6.65. The van der Waals surface area contributed by atoms with Crippen LogP contribution in [0.15, 0.2) is 18.2 Å². The van der Waals surface area contributed by atoms with E-state index in [1.807, 2.05) is 45.9 Å². The molecule has 2 atom stereocenters. The lowest BCUT2D eigenvalue weighted by Gasteiger charge is -2.19. The number of aryl methyl sites for hydroxylation is 1. The summed E-state index contributed by atoms with van der Waals surface area (Å²) in [5, 5.41) is 6.70. The van der Waals surface area contributed by atoms with Crippen LogP contribution in [0.5, 0.6) is 0 Å². The fraction of sp³-hybridized carbons (Fsp3) is 0.500. The molecule has 0 aliphatic rings. The second-order valence-corrected chi connectivity index (χ2v) is 5.07. The maximum absolute atomic E-state index is 11.9. The summed E-state index contributed by atoms with van der Waals surface area (Å²) in [5.74, 6) is -0.0130. The molecule has 1 amide bonds. The normalized spacial score (nSPS) is 13.8. The number of benzene rings is 1. The lowest BCUT2D eigenvalue weighted by atomic mass is 10.2. The molecule has 2 N–H and O–H groups in total. The first-order valence-electron chi connectivity index (χ1n) is 6.27. The molecule has 0 heterocycles. The summed E-state index contributed by atoms with van der Waals surface area (Å²) in [4.78, 5) is 11.9. The van der Waals surface area contributed by atoms with Crippen molar-refractivity contribution in [2.45, 2.75) is 46.2 Å². The van der Waals surface area contributed by atoms with Crippen molar-refractivity contribution in [1.82, 2.24) is 5.32 Å². The van der Waals surface area contributed by atoms with Crippen molar-refractivity contribution in [3.63, 3.8) is 0 Å². The predicted molar refractivity (Wildman–Crippen MR) is 77.2 cm³/mol. The molecule has 0 spiro atoms. The van der Waals surface area contributed by atoms with Gasteiger partial charge in [0.05, 0.1) is 10.7 Å². The number of halogens is 1. The number of carbonyl (C=O) groups excluding carboxylic acids is 1. The molecule has 1 rings (SSSR count). The minimum atomic E-state index is -0.306. The van der Waals surface area contributed by atoms with Crippen molar-refractivity contribution in [1.29, 1.82) is 0 Å². The summed E-state index contributed by atoms with van der Waals surface area (Å²) in [6, 6.07) is 5.62. The van der Waals surface area contributed by atoms with Crippen LogP contribution in [0.25, 0.3) is 0 Å². The van der Waals surface area contributed by atoms with Crippen LogP contribution in [0.2, 0.25) is 5.02 Å². The van der Waals surface area contributed by atoms with Crippen molar-refractivity contribution >= 4 is 23.2 Å². The molecule has 1 aromatic carbocycles. The number of rotatable bonds is 5. The molecule has 2 unspecified atom stereocenters. The Morgan fingerprint density at radius 3 is 2.61 bits per heavy atom. The van der Waals surface area contributed by atoms with Gasteiger partial charge in [0.1, 0.15) is 6.04 Å². The van der Waals surface area contributed by atoms with E-state index in [1.54, 1.807) is 0 Å². The summed E-state index contributed by atoms with van der Waals surface area (Å²) < 4.78 is 0. The number of hydrogen-bond donors (Lipinski definition) is 2. The average molecular weight is 269 g/mol. The zero-order valence-corrected chi connectivity index (χ0v) is 12.1. The van der Waals surface area contributed by atoms with Crippen molar-refractivity contribution in [3.05, 3.63) is 28.8 Å². The molecule has 100 valence electrons. The van der Waals surface area contributed by atoms with Gasteiger partial charge in [-0.2, -0.15) is 0 Å². The van der Waals surface area contributed by atoms with Crippen LogP contribution in [-0.2, 0) is 4.79 Å². The smallest absolute Gasteiger partial charge is 0.242 e. The van der Waals surface area contributed by atoms with Gasteiger partial charge in [0.25, 0.3) is 0 Å². The molecule has 0 aliphatic carbocycles. The van der Waals surface area contributed by atoms with Gasteiger partial charge in [0, 0.05) is 6.04 Å². The summed E-state index contributed by atoms with van der Waals surface area (Å²) in [5.41, 5.74) is 1.89. The number of amides is 1. The Labute approximate surface area is 114 Å². The SMILES string of the molecule is CCC(C)NC(=O)C(C)Nc1ccc(C)cc1Cl. The Morgan fingerprint density at radius 2 is 2.06 bits per heavy atom. The first-order chi connectivity index (χ1) is 8.43. The molecule has 4 heteroatoms. The van der Waals surface area contributed by atoms with Crippen LogP contribution in [0.1, 0.15) is 32.8 Å². The van der Waals surface area contributed by atoms with Crippen LogP contribution in [0, 0.1) is 6.92 Å². The Morgan fingerprint density at radius 1 is 1.39 bits per heavy atom. The van der Waals surface area contributed by atoms with Gasteiger partial charge in [0.15, 0.2) is 0 Å².